The fourth-order valence-electron chi connectivity index (χ4n) is 2.43. The number of carbonyl (C=O) groups is 3. The zero-order valence-corrected chi connectivity index (χ0v) is 12.3. The first-order valence-corrected chi connectivity index (χ1v) is 7.07. The molecule has 1 amide bonds. The number of esters is 1. The van der Waals surface area contributed by atoms with Crippen LogP contribution in [0.15, 0.2) is 42.5 Å². The number of carbonyl (C=O) groups excluding carboxylic acids is 2. The number of nitrogens with one attached hydrogen (secondary N) is 1. The van der Waals surface area contributed by atoms with Crippen LogP contribution in [0.1, 0.15) is 26.3 Å². The van der Waals surface area contributed by atoms with Crippen molar-refractivity contribution >= 4 is 23.5 Å². The smallest absolute Gasteiger partial charge is 0.339 e. The minimum Gasteiger partial charge on any atom is -0.478 e. The van der Waals surface area contributed by atoms with Crippen LogP contribution in [-0.2, 0) is 16.0 Å². The van der Waals surface area contributed by atoms with E-state index in [0.717, 1.165) is 6.07 Å². The van der Waals surface area contributed by atoms with E-state index < -0.39 is 29.8 Å². The summed E-state index contributed by atoms with van der Waals surface area (Å²) in [5, 5.41) is 11.4. The molecule has 1 atom stereocenters. The van der Waals surface area contributed by atoms with Gasteiger partial charge in [-0.3, -0.25) is 4.79 Å². The third-order valence-electron chi connectivity index (χ3n) is 3.63. The Morgan fingerprint density at radius 3 is 2.54 bits per heavy atom. The molecule has 0 aromatic heterocycles. The van der Waals surface area contributed by atoms with Gasteiger partial charge in [0.2, 0.25) is 0 Å². The highest BCUT2D eigenvalue weighted by Gasteiger charge is 2.31. The lowest BCUT2D eigenvalue weighted by Crippen LogP contribution is -2.38. The van der Waals surface area contributed by atoms with Gasteiger partial charge < -0.3 is 15.2 Å². The van der Waals surface area contributed by atoms with Crippen LogP contribution in [0.4, 0.5) is 10.1 Å². The quantitative estimate of drug-likeness (QED) is 0.843. The Morgan fingerprint density at radius 1 is 1.17 bits per heavy atom. The van der Waals surface area contributed by atoms with Gasteiger partial charge in [0.25, 0.3) is 5.91 Å². The number of ether oxygens (including phenoxy) is 1. The van der Waals surface area contributed by atoms with Gasteiger partial charge in [-0.15, -0.1) is 0 Å². The molecular formula is C17H12FNO5. The molecule has 2 aromatic carbocycles. The van der Waals surface area contributed by atoms with Gasteiger partial charge >= 0.3 is 11.9 Å². The van der Waals surface area contributed by atoms with Crippen LogP contribution in [0.5, 0.6) is 0 Å². The summed E-state index contributed by atoms with van der Waals surface area (Å²) in [7, 11) is 0. The molecule has 122 valence electrons. The predicted molar refractivity (Wildman–Crippen MR) is 81.3 cm³/mol. The highest BCUT2D eigenvalue weighted by atomic mass is 19.1. The van der Waals surface area contributed by atoms with E-state index in [-0.39, 0.29) is 17.5 Å². The van der Waals surface area contributed by atoms with Crippen molar-refractivity contribution in [1.29, 1.82) is 0 Å². The summed E-state index contributed by atoms with van der Waals surface area (Å²) in [6.45, 7) is 0. The normalized spacial score (nSPS) is 16.0. The third kappa shape index (κ3) is 3.10. The number of cyclic esters (lactones) is 1. The first-order chi connectivity index (χ1) is 11.4. The molecule has 3 rings (SSSR count). The molecule has 2 aromatic rings. The van der Waals surface area contributed by atoms with Crippen molar-refractivity contribution in [1.82, 2.24) is 0 Å². The largest absolute Gasteiger partial charge is 0.478 e. The topological polar surface area (TPSA) is 92.7 Å². The third-order valence-corrected chi connectivity index (χ3v) is 3.63. The van der Waals surface area contributed by atoms with Gasteiger partial charge in [-0.1, -0.05) is 0 Å². The van der Waals surface area contributed by atoms with Crippen LogP contribution >= 0.6 is 0 Å². The highest BCUT2D eigenvalue weighted by Crippen LogP contribution is 2.22. The maximum absolute atomic E-state index is 13.3. The van der Waals surface area contributed by atoms with Crippen LogP contribution in [0, 0.1) is 5.82 Å². The first kappa shape index (κ1) is 15.7. The lowest BCUT2D eigenvalue weighted by molar-refractivity contribution is -0.125. The van der Waals surface area contributed by atoms with Crippen LogP contribution < -0.4 is 5.32 Å². The number of hydrogen-bond donors (Lipinski definition) is 2. The molecule has 0 spiro atoms. The minimum absolute atomic E-state index is 0.0673. The van der Waals surface area contributed by atoms with E-state index in [2.05, 4.69) is 5.32 Å². The van der Waals surface area contributed by atoms with Gasteiger partial charge in [-0.2, -0.15) is 0 Å². The number of fused-ring (bicyclic) bond motifs is 1. The zero-order valence-electron chi connectivity index (χ0n) is 12.3. The monoisotopic (exact) mass is 329 g/mol. The number of benzene rings is 2. The molecule has 0 saturated carbocycles. The van der Waals surface area contributed by atoms with Crippen molar-refractivity contribution in [2.24, 2.45) is 0 Å². The Morgan fingerprint density at radius 2 is 1.88 bits per heavy atom. The summed E-state index contributed by atoms with van der Waals surface area (Å²) in [6, 6.07) is 9.23. The van der Waals surface area contributed by atoms with Gasteiger partial charge in [-0.05, 0) is 48.0 Å². The van der Waals surface area contributed by atoms with Gasteiger partial charge in [0.05, 0.1) is 11.1 Å². The second-order valence-corrected chi connectivity index (χ2v) is 5.27. The summed E-state index contributed by atoms with van der Waals surface area (Å²) in [4.78, 5) is 34.9. The lowest BCUT2D eigenvalue weighted by atomic mass is 9.98. The number of amides is 1. The molecule has 1 heterocycles. The van der Waals surface area contributed by atoms with Gasteiger partial charge in [0.1, 0.15) is 5.82 Å². The summed E-state index contributed by atoms with van der Waals surface area (Å²) < 4.78 is 18.4. The molecule has 0 aliphatic carbocycles. The SMILES string of the molecule is O=C(O)c1ccc(NC(=O)C2Cc3cc(F)ccc3C(=O)O2)cc1. The van der Waals surface area contributed by atoms with Crippen LogP contribution in [0.25, 0.3) is 0 Å². The Bertz CT molecular complexity index is 831. The van der Waals surface area contributed by atoms with Crippen molar-refractivity contribution in [2.45, 2.75) is 12.5 Å². The summed E-state index contributed by atoms with van der Waals surface area (Å²) in [5.74, 6) is -2.82. The van der Waals surface area contributed by atoms with E-state index in [4.69, 9.17) is 9.84 Å². The molecule has 0 radical (unpaired) electrons. The molecule has 1 unspecified atom stereocenters. The van der Waals surface area contributed by atoms with Crippen LogP contribution in [0.3, 0.4) is 0 Å². The molecule has 6 nitrogen and oxygen atoms in total. The molecule has 1 aliphatic rings. The molecule has 2 N–H and O–H groups in total. The van der Waals surface area contributed by atoms with Crippen LogP contribution in [0.2, 0.25) is 0 Å². The number of halogens is 1. The standard InChI is InChI=1S/C17H12FNO5/c18-11-3-6-13-10(7-11)8-14(24-17(13)23)15(20)19-12-4-1-9(2-5-12)16(21)22/h1-7,14H,8H2,(H,19,20)(H,21,22). The Balaban J connectivity index is 1.74. The molecule has 0 saturated heterocycles. The predicted octanol–water partition coefficient (Wildman–Crippen LogP) is 2.24. The van der Waals surface area contributed by atoms with Crippen molar-refractivity contribution in [2.75, 3.05) is 5.32 Å². The maximum atomic E-state index is 13.3. The summed E-state index contributed by atoms with van der Waals surface area (Å²) >= 11 is 0. The highest BCUT2D eigenvalue weighted by molar-refractivity contribution is 6.00. The number of carboxylic acid groups (broad SMARTS) is 1. The number of rotatable bonds is 3. The zero-order chi connectivity index (χ0) is 17.3. The molecule has 0 fully saturated rings. The van der Waals surface area contributed by atoms with Gasteiger partial charge in [0.15, 0.2) is 6.10 Å². The fourth-order valence-corrected chi connectivity index (χ4v) is 2.43. The number of aromatic carboxylic acids is 1. The van der Waals surface area contributed by atoms with E-state index in [1.54, 1.807) is 0 Å². The maximum Gasteiger partial charge on any atom is 0.339 e. The Labute approximate surface area is 135 Å². The average Bonchev–Trinajstić information content (AvgIpc) is 2.54. The second kappa shape index (κ2) is 6.11. The van der Waals surface area contributed by atoms with Gasteiger partial charge in [-0.25, -0.2) is 14.0 Å². The summed E-state index contributed by atoms with van der Waals surface area (Å²) in [5.41, 5.74) is 1.10. The van der Waals surface area contributed by atoms with Crippen molar-refractivity contribution in [3.05, 3.63) is 65.0 Å². The second-order valence-electron chi connectivity index (χ2n) is 5.27. The van der Waals surface area contributed by atoms with E-state index in [1.165, 1.54) is 36.4 Å². The van der Waals surface area contributed by atoms with E-state index >= 15 is 0 Å². The van der Waals surface area contributed by atoms with E-state index in [0.29, 0.717) is 11.3 Å². The molecule has 1 aliphatic heterocycles. The number of anilines is 1. The molecule has 7 heteroatoms. The average molecular weight is 329 g/mol. The number of carboxylic acids is 1. The first-order valence-electron chi connectivity index (χ1n) is 7.07. The Hall–Kier alpha value is -3.22. The fraction of sp³-hybridized carbons (Fsp3) is 0.118. The van der Waals surface area contributed by atoms with E-state index in [9.17, 15) is 18.8 Å². The number of hydrogen-bond acceptors (Lipinski definition) is 4. The molecule has 24 heavy (non-hydrogen) atoms. The van der Waals surface area contributed by atoms with E-state index in [1.807, 2.05) is 0 Å². The Kier molecular flexibility index (Phi) is 3.99. The summed E-state index contributed by atoms with van der Waals surface area (Å²) in [6.07, 6.45) is -1.01. The van der Waals surface area contributed by atoms with Crippen molar-refractivity contribution < 1.29 is 28.6 Å². The lowest BCUT2D eigenvalue weighted by Gasteiger charge is -2.23. The van der Waals surface area contributed by atoms with Crippen LogP contribution in [-0.4, -0.2) is 29.1 Å². The van der Waals surface area contributed by atoms with Gasteiger partial charge in [0, 0.05) is 12.1 Å². The minimum atomic E-state index is -1.08. The molecular weight excluding hydrogens is 317 g/mol. The molecule has 0 bridgehead atoms. The van der Waals surface area contributed by atoms with Crippen molar-refractivity contribution in [3.63, 3.8) is 0 Å². The van der Waals surface area contributed by atoms with Crippen molar-refractivity contribution in [3.8, 4) is 0 Å².